The summed E-state index contributed by atoms with van der Waals surface area (Å²) in [5, 5.41) is 17.3. The van der Waals surface area contributed by atoms with E-state index in [1.165, 1.54) is 19.0 Å². The second-order valence-electron chi connectivity index (χ2n) is 5.40. The van der Waals surface area contributed by atoms with Crippen LogP contribution in [0.1, 0.15) is 35.1 Å². The van der Waals surface area contributed by atoms with Gasteiger partial charge in [0.15, 0.2) is 0 Å². The Bertz CT molecular complexity index is 681. The van der Waals surface area contributed by atoms with Crippen molar-refractivity contribution in [1.82, 2.24) is 9.97 Å². The van der Waals surface area contributed by atoms with Crippen molar-refractivity contribution in [2.75, 3.05) is 5.32 Å². The van der Waals surface area contributed by atoms with Crippen molar-refractivity contribution in [3.63, 3.8) is 0 Å². The van der Waals surface area contributed by atoms with Gasteiger partial charge in [-0.3, -0.25) is 10.1 Å². The fourth-order valence-corrected chi connectivity index (χ4v) is 3.24. The first-order chi connectivity index (χ1) is 10.0. The van der Waals surface area contributed by atoms with Crippen molar-refractivity contribution in [2.24, 2.45) is 5.92 Å². The summed E-state index contributed by atoms with van der Waals surface area (Å²) in [5.41, 5.74) is 1.69. The van der Waals surface area contributed by atoms with Crippen molar-refractivity contribution < 1.29 is 4.92 Å². The van der Waals surface area contributed by atoms with E-state index in [9.17, 15) is 10.1 Å². The van der Waals surface area contributed by atoms with E-state index in [4.69, 9.17) is 0 Å². The van der Waals surface area contributed by atoms with Crippen LogP contribution in [-0.2, 0) is 0 Å². The average molecular weight is 304 g/mol. The Labute approximate surface area is 126 Å². The Morgan fingerprint density at radius 2 is 2.24 bits per heavy atom. The summed E-state index contributed by atoms with van der Waals surface area (Å²) in [4.78, 5) is 19.2. The quantitative estimate of drug-likeness (QED) is 0.674. The third kappa shape index (κ3) is 3.02. The molecule has 0 aromatic carbocycles. The van der Waals surface area contributed by atoms with Gasteiger partial charge in [0.25, 0.3) is 5.69 Å². The summed E-state index contributed by atoms with van der Waals surface area (Å²) in [6.45, 7) is 3.71. The molecule has 2 heterocycles. The van der Waals surface area contributed by atoms with Gasteiger partial charge in [0.2, 0.25) is 0 Å². The highest BCUT2D eigenvalue weighted by Crippen LogP contribution is 2.43. The highest BCUT2D eigenvalue weighted by molar-refractivity contribution is 7.09. The predicted molar refractivity (Wildman–Crippen MR) is 81.6 cm³/mol. The summed E-state index contributed by atoms with van der Waals surface area (Å²) in [6.07, 6.45) is 3.68. The van der Waals surface area contributed by atoms with Crippen LogP contribution in [0.15, 0.2) is 17.6 Å². The smallest absolute Gasteiger partial charge is 0.290 e. The van der Waals surface area contributed by atoms with Gasteiger partial charge in [-0.15, -0.1) is 11.3 Å². The minimum absolute atomic E-state index is 0.0496. The maximum absolute atomic E-state index is 10.8. The zero-order valence-corrected chi connectivity index (χ0v) is 12.7. The van der Waals surface area contributed by atoms with Crippen LogP contribution in [0.4, 0.5) is 11.5 Å². The molecule has 2 aromatic rings. The second-order valence-corrected chi connectivity index (χ2v) is 6.29. The number of aromatic nitrogens is 2. The van der Waals surface area contributed by atoms with Crippen molar-refractivity contribution in [1.29, 1.82) is 0 Å². The third-order valence-corrected chi connectivity index (χ3v) is 4.63. The second kappa shape index (κ2) is 5.40. The van der Waals surface area contributed by atoms with Gasteiger partial charge >= 0.3 is 0 Å². The fraction of sp³-hybridized carbons (Fsp3) is 0.429. The molecule has 1 fully saturated rings. The third-order valence-electron chi connectivity index (χ3n) is 3.58. The highest BCUT2D eigenvalue weighted by atomic mass is 32.1. The van der Waals surface area contributed by atoms with Gasteiger partial charge in [-0.25, -0.2) is 9.97 Å². The molecular formula is C14H16N4O2S. The maximum atomic E-state index is 10.8. The monoisotopic (exact) mass is 304 g/mol. The molecule has 0 saturated heterocycles. The van der Waals surface area contributed by atoms with Crippen LogP contribution in [-0.4, -0.2) is 14.9 Å². The number of rotatable bonds is 5. The molecule has 6 nitrogen and oxygen atoms in total. The molecule has 0 spiro atoms. The Morgan fingerprint density at radius 3 is 2.76 bits per heavy atom. The summed E-state index contributed by atoms with van der Waals surface area (Å²) in [5.74, 6) is 1.25. The first kappa shape index (κ1) is 13.9. The highest BCUT2D eigenvalue weighted by Gasteiger charge is 2.34. The van der Waals surface area contributed by atoms with E-state index in [2.05, 4.69) is 15.3 Å². The first-order valence-electron chi connectivity index (χ1n) is 6.84. The summed E-state index contributed by atoms with van der Waals surface area (Å²) < 4.78 is 0. The summed E-state index contributed by atoms with van der Waals surface area (Å²) >= 11 is 1.65. The van der Waals surface area contributed by atoms with E-state index < -0.39 is 4.92 Å². The zero-order chi connectivity index (χ0) is 15.0. The topological polar surface area (TPSA) is 81.0 Å². The molecular weight excluding hydrogens is 288 g/mol. The molecule has 21 heavy (non-hydrogen) atoms. The molecule has 1 aliphatic rings. The molecule has 1 saturated carbocycles. The van der Waals surface area contributed by atoms with Crippen LogP contribution in [0.3, 0.4) is 0 Å². The van der Waals surface area contributed by atoms with Crippen LogP contribution in [0.5, 0.6) is 0 Å². The lowest BCUT2D eigenvalue weighted by atomic mass is 10.2. The van der Waals surface area contributed by atoms with Gasteiger partial charge in [-0.05, 0) is 38.7 Å². The number of hydrogen-bond donors (Lipinski definition) is 1. The van der Waals surface area contributed by atoms with Gasteiger partial charge in [0, 0.05) is 16.6 Å². The number of nitro groups is 1. The molecule has 7 heteroatoms. The van der Waals surface area contributed by atoms with Gasteiger partial charge in [0.05, 0.1) is 11.0 Å². The van der Waals surface area contributed by atoms with E-state index in [1.54, 1.807) is 24.3 Å². The SMILES string of the molecule is Cc1csc(C(Nc2cc(C)c([N+](=O)[O-])cn2)C2CC2)n1. The lowest BCUT2D eigenvalue weighted by molar-refractivity contribution is -0.385. The molecule has 0 aliphatic heterocycles. The minimum atomic E-state index is -0.408. The van der Waals surface area contributed by atoms with Crippen LogP contribution >= 0.6 is 11.3 Å². The van der Waals surface area contributed by atoms with Crippen molar-refractivity contribution in [2.45, 2.75) is 32.7 Å². The zero-order valence-electron chi connectivity index (χ0n) is 11.9. The molecule has 0 amide bonds. The average Bonchev–Trinajstić information content (AvgIpc) is 3.17. The minimum Gasteiger partial charge on any atom is -0.361 e. The first-order valence-corrected chi connectivity index (χ1v) is 7.72. The van der Waals surface area contributed by atoms with E-state index >= 15 is 0 Å². The van der Waals surface area contributed by atoms with Crippen molar-refractivity contribution in [3.8, 4) is 0 Å². The van der Waals surface area contributed by atoms with Crippen LogP contribution in [0, 0.1) is 29.9 Å². The lowest BCUT2D eigenvalue weighted by Crippen LogP contribution is -2.14. The molecule has 1 atom stereocenters. The summed E-state index contributed by atoms with van der Waals surface area (Å²) in [7, 11) is 0. The van der Waals surface area contributed by atoms with Gasteiger partial charge < -0.3 is 5.32 Å². The van der Waals surface area contributed by atoms with E-state index in [-0.39, 0.29) is 11.7 Å². The number of thiazole rings is 1. The van der Waals surface area contributed by atoms with Crippen LogP contribution < -0.4 is 5.32 Å². The van der Waals surface area contributed by atoms with E-state index in [0.717, 1.165) is 10.7 Å². The molecule has 0 radical (unpaired) electrons. The Kier molecular flexibility index (Phi) is 3.59. The van der Waals surface area contributed by atoms with Crippen molar-refractivity contribution >= 4 is 22.8 Å². The number of pyridine rings is 1. The Morgan fingerprint density at radius 1 is 1.48 bits per heavy atom. The van der Waals surface area contributed by atoms with Crippen molar-refractivity contribution in [3.05, 3.63) is 44.0 Å². The largest absolute Gasteiger partial charge is 0.361 e. The Hall–Kier alpha value is -2.02. The fourth-order valence-electron chi connectivity index (χ4n) is 2.30. The molecule has 1 N–H and O–H groups in total. The predicted octanol–water partition coefficient (Wildman–Crippen LogP) is 3.63. The van der Waals surface area contributed by atoms with E-state index in [1.807, 2.05) is 12.3 Å². The van der Waals surface area contributed by atoms with Gasteiger partial charge in [-0.2, -0.15) is 0 Å². The number of nitrogens with one attached hydrogen (secondary N) is 1. The van der Waals surface area contributed by atoms with Gasteiger partial charge in [-0.1, -0.05) is 0 Å². The van der Waals surface area contributed by atoms with Crippen LogP contribution in [0.2, 0.25) is 0 Å². The molecule has 3 rings (SSSR count). The number of nitrogens with zero attached hydrogens (tertiary/aromatic N) is 3. The molecule has 1 unspecified atom stereocenters. The number of anilines is 1. The maximum Gasteiger partial charge on any atom is 0.290 e. The Balaban J connectivity index is 1.83. The number of hydrogen-bond acceptors (Lipinski definition) is 6. The standard InChI is InChI=1S/C14H16N4O2S/c1-8-5-12(15-6-11(8)18(19)20)17-13(10-3-4-10)14-16-9(2)7-21-14/h5-7,10,13H,3-4H2,1-2H3,(H,15,17). The molecule has 0 bridgehead atoms. The summed E-state index contributed by atoms with van der Waals surface area (Å²) in [6, 6.07) is 1.88. The normalized spacial score (nSPS) is 15.7. The molecule has 2 aromatic heterocycles. The molecule has 1 aliphatic carbocycles. The van der Waals surface area contributed by atoms with Gasteiger partial charge in [0.1, 0.15) is 17.0 Å². The van der Waals surface area contributed by atoms with Crippen LogP contribution in [0.25, 0.3) is 0 Å². The van der Waals surface area contributed by atoms with E-state index in [0.29, 0.717) is 17.3 Å². The lowest BCUT2D eigenvalue weighted by Gasteiger charge is -2.16. The molecule has 110 valence electrons. The number of aryl methyl sites for hydroxylation is 2.